The normalized spacial score (nSPS) is 15.5. The fourth-order valence-electron chi connectivity index (χ4n) is 2.42. The van der Waals surface area contributed by atoms with Crippen LogP contribution in [0.2, 0.25) is 0 Å². The van der Waals surface area contributed by atoms with Gasteiger partial charge in [-0.15, -0.1) is 0 Å². The molecule has 1 fully saturated rings. The molecule has 0 aromatic carbocycles. The number of amides is 2. The molecule has 1 saturated heterocycles. The van der Waals surface area contributed by atoms with E-state index in [1.165, 1.54) is 6.92 Å². The van der Waals surface area contributed by atoms with E-state index in [1.807, 2.05) is 0 Å². The fraction of sp³-hybridized carbons (Fsp3) is 0.533. The molecule has 22 heavy (non-hydrogen) atoms. The van der Waals surface area contributed by atoms with Gasteiger partial charge in [0.05, 0.1) is 12.3 Å². The number of hydrogen-bond donors (Lipinski definition) is 2. The molecule has 1 aromatic heterocycles. The Morgan fingerprint density at radius 3 is 2.45 bits per heavy atom. The Morgan fingerprint density at radius 2 is 1.91 bits per heavy atom. The maximum Gasteiger partial charge on any atom is 0.409 e. The summed E-state index contributed by atoms with van der Waals surface area (Å²) in [4.78, 5) is 39.4. The number of carbonyl (C=O) groups excluding carboxylic acids is 3. The Balaban J connectivity index is 1.83. The van der Waals surface area contributed by atoms with Crippen LogP contribution in [0, 0.1) is 0 Å². The predicted molar refractivity (Wildman–Crippen MR) is 79.9 cm³/mol. The number of likely N-dealkylation sites (tertiary alicyclic amines) is 1. The van der Waals surface area contributed by atoms with Gasteiger partial charge in [-0.3, -0.25) is 9.59 Å². The van der Waals surface area contributed by atoms with Gasteiger partial charge in [0.2, 0.25) is 0 Å². The lowest BCUT2D eigenvalue weighted by Gasteiger charge is -2.31. The highest BCUT2D eigenvalue weighted by atomic mass is 16.6. The van der Waals surface area contributed by atoms with Crippen molar-refractivity contribution in [2.45, 2.75) is 32.7 Å². The van der Waals surface area contributed by atoms with Crippen molar-refractivity contribution < 1.29 is 19.1 Å². The summed E-state index contributed by atoms with van der Waals surface area (Å²) in [7, 11) is 0. The number of piperidine rings is 1. The highest BCUT2D eigenvalue weighted by molar-refractivity contribution is 5.97. The number of aromatic nitrogens is 1. The van der Waals surface area contributed by atoms with E-state index < -0.39 is 0 Å². The molecule has 0 spiro atoms. The minimum absolute atomic E-state index is 0.0160. The average Bonchev–Trinajstić information content (AvgIpc) is 2.98. The van der Waals surface area contributed by atoms with Crippen molar-refractivity contribution in [2.24, 2.45) is 0 Å². The number of hydrogen-bond acceptors (Lipinski definition) is 4. The number of H-pyrrole nitrogens is 1. The molecule has 120 valence electrons. The molecule has 0 bridgehead atoms. The van der Waals surface area contributed by atoms with Crippen molar-refractivity contribution in [1.82, 2.24) is 15.2 Å². The SMILES string of the molecule is CCOC(=O)N1CCC(NC(=O)c2ccc(C(C)=O)[nH]2)CC1. The predicted octanol–water partition coefficient (Wildman–Crippen LogP) is 1.57. The third-order valence-electron chi connectivity index (χ3n) is 3.67. The van der Waals surface area contributed by atoms with Gasteiger partial charge in [-0.2, -0.15) is 0 Å². The first-order chi connectivity index (χ1) is 10.5. The van der Waals surface area contributed by atoms with E-state index in [0.29, 0.717) is 43.9 Å². The average molecular weight is 307 g/mol. The summed E-state index contributed by atoms with van der Waals surface area (Å²) in [5, 5.41) is 2.92. The molecule has 2 N–H and O–H groups in total. The number of aromatic amines is 1. The lowest BCUT2D eigenvalue weighted by atomic mass is 10.1. The second kappa shape index (κ2) is 7.11. The van der Waals surface area contributed by atoms with Crippen molar-refractivity contribution in [3.8, 4) is 0 Å². The number of ketones is 1. The first-order valence-corrected chi connectivity index (χ1v) is 7.43. The van der Waals surface area contributed by atoms with E-state index in [9.17, 15) is 14.4 Å². The quantitative estimate of drug-likeness (QED) is 0.826. The van der Waals surface area contributed by atoms with Crippen LogP contribution >= 0.6 is 0 Å². The second-order valence-electron chi connectivity index (χ2n) is 5.28. The van der Waals surface area contributed by atoms with Crippen LogP contribution < -0.4 is 5.32 Å². The van der Waals surface area contributed by atoms with Gasteiger partial charge >= 0.3 is 6.09 Å². The van der Waals surface area contributed by atoms with Gasteiger partial charge in [0, 0.05) is 26.1 Å². The molecule has 0 aliphatic carbocycles. The number of rotatable bonds is 4. The van der Waals surface area contributed by atoms with E-state index in [-0.39, 0.29) is 23.8 Å². The lowest BCUT2D eigenvalue weighted by molar-refractivity contribution is 0.0857. The fourth-order valence-corrected chi connectivity index (χ4v) is 2.42. The number of nitrogens with zero attached hydrogens (tertiary/aromatic N) is 1. The Kier molecular flexibility index (Phi) is 5.19. The van der Waals surface area contributed by atoms with Gasteiger partial charge in [0.1, 0.15) is 5.69 Å². The van der Waals surface area contributed by atoms with Crippen LogP contribution in [0.5, 0.6) is 0 Å². The van der Waals surface area contributed by atoms with Crippen LogP contribution in [0.15, 0.2) is 12.1 Å². The summed E-state index contributed by atoms with van der Waals surface area (Å²) >= 11 is 0. The Hall–Kier alpha value is -2.31. The van der Waals surface area contributed by atoms with Crippen LogP contribution in [0.1, 0.15) is 47.7 Å². The van der Waals surface area contributed by atoms with Crippen molar-refractivity contribution in [3.05, 3.63) is 23.5 Å². The highest BCUT2D eigenvalue weighted by Gasteiger charge is 2.25. The molecule has 7 nitrogen and oxygen atoms in total. The zero-order valence-corrected chi connectivity index (χ0v) is 12.8. The van der Waals surface area contributed by atoms with E-state index in [0.717, 1.165) is 0 Å². The minimum Gasteiger partial charge on any atom is -0.450 e. The highest BCUT2D eigenvalue weighted by Crippen LogP contribution is 2.12. The van der Waals surface area contributed by atoms with E-state index in [1.54, 1.807) is 24.0 Å². The summed E-state index contributed by atoms with van der Waals surface area (Å²) < 4.78 is 4.95. The van der Waals surface area contributed by atoms with E-state index >= 15 is 0 Å². The first-order valence-electron chi connectivity index (χ1n) is 7.43. The molecule has 0 atom stereocenters. The molecule has 1 aromatic rings. The van der Waals surface area contributed by atoms with Crippen molar-refractivity contribution >= 4 is 17.8 Å². The van der Waals surface area contributed by atoms with Crippen LogP contribution in [-0.2, 0) is 4.74 Å². The summed E-state index contributed by atoms with van der Waals surface area (Å²) in [5.74, 6) is -0.344. The third-order valence-corrected chi connectivity index (χ3v) is 3.67. The van der Waals surface area contributed by atoms with E-state index in [4.69, 9.17) is 4.74 Å². The molecule has 0 unspecified atom stereocenters. The largest absolute Gasteiger partial charge is 0.450 e. The van der Waals surface area contributed by atoms with Crippen molar-refractivity contribution in [2.75, 3.05) is 19.7 Å². The molecule has 1 aliphatic rings. The monoisotopic (exact) mass is 307 g/mol. The van der Waals surface area contributed by atoms with Gasteiger partial charge in [-0.05, 0) is 31.9 Å². The van der Waals surface area contributed by atoms with Crippen LogP contribution in [0.4, 0.5) is 4.79 Å². The standard InChI is InChI=1S/C15H21N3O4/c1-3-22-15(21)18-8-6-11(7-9-18)16-14(20)13-5-4-12(17-13)10(2)19/h4-5,11,17H,3,6-9H2,1-2H3,(H,16,20). The molecular weight excluding hydrogens is 286 g/mol. The molecule has 2 heterocycles. The summed E-state index contributed by atoms with van der Waals surface area (Å²) in [6.07, 6.45) is 1.07. The number of carbonyl (C=O) groups is 3. The van der Waals surface area contributed by atoms with Crippen molar-refractivity contribution in [1.29, 1.82) is 0 Å². The molecule has 2 rings (SSSR count). The first kappa shape index (κ1) is 16.1. The Labute approximate surface area is 129 Å². The van der Waals surface area contributed by atoms with Gasteiger partial charge < -0.3 is 19.9 Å². The van der Waals surface area contributed by atoms with Gasteiger partial charge in [0.25, 0.3) is 5.91 Å². The number of nitrogens with one attached hydrogen (secondary N) is 2. The van der Waals surface area contributed by atoms with E-state index in [2.05, 4.69) is 10.3 Å². The summed E-state index contributed by atoms with van der Waals surface area (Å²) in [6.45, 7) is 4.70. The van der Waals surface area contributed by atoms with Gasteiger partial charge in [0.15, 0.2) is 5.78 Å². The smallest absolute Gasteiger partial charge is 0.409 e. The molecule has 7 heteroatoms. The zero-order valence-electron chi connectivity index (χ0n) is 12.8. The van der Waals surface area contributed by atoms with Crippen molar-refractivity contribution in [3.63, 3.8) is 0 Å². The molecule has 2 amide bonds. The Bertz CT molecular complexity index is 559. The van der Waals surface area contributed by atoms with Crippen LogP contribution in [-0.4, -0.2) is 53.4 Å². The maximum atomic E-state index is 12.1. The van der Waals surface area contributed by atoms with Crippen LogP contribution in [0.3, 0.4) is 0 Å². The second-order valence-corrected chi connectivity index (χ2v) is 5.28. The summed E-state index contributed by atoms with van der Waals surface area (Å²) in [6, 6.07) is 3.21. The van der Waals surface area contributed by atoms with Gasteiger partial charge in [-0.25, -0.2) is 4.79 Å². The Morgan fingerprint density at radius 1 is 1.27 bits per heavy atom. The lowest BCUT2D eigenvalue weighted by Crippen LogP contribution is -2.46. The topological polar surface area (TPSA) is 91.5 Å². The van der Waals surface area contributed by atoms with Crippen LogP contribution in [0.25, 0.3) is 0 Å². The summed E-state index contributed by atoms with van der Waals surface area (Å²) in [5.41, 5.74) is 0.792. The van der Waals surface area contributed by atoms with Gasteiger partial charge in [-0.1, -0.05) is 0 Å². The minimum atomic E-state index is -0.303. The number of ether oxygens (including phenoxy) is 1. The number of Topliss-reactive ketones (excluding diaryl/α,β-unsaturated/α-hetero) is 1. The maximum absolute atomic E-state index is 12.1. The molecule has 1 aliphatic heterocycles. The zero-order chi connectivity index (χ0) is 16.1. The molecule has 0 radical (unpaired) electrons. The molecular formula is C15H21N3O4. The third kappa shape index (κ3) is 3.87. The molecule has 0 saturated carbocycles.